The first kappa shape index (κ1) is 13.9. The Morgan fingerprint density at radius 3 is 2.90 bits per heavy atom. The van der Waals surface area contributed by atoms with Crippen LogP contribution in [0.1, 0.15) is 50.3 Å². The lowest BCUT2D eigenvalue weighted by atomic mass is 9.95. The summed E-state index contributed by atoms with van der Waals surface area (Å²) in [5.74, 6) is 2.04. The molecule has 1 aliphatic carbocycles. The fraction of sp³-hybridized carbons (Fsp3) is 0.706. The van der Waals surface area contributed by atoms with Gasteiger partial charge in [-0.3, -0.25) is 0 Å². The molecule has 1 atom stereocenters. The van der Waals surface area contributed by atoms with E-state index >= 15 is 0 Å². The third-order valence-electron chi connectivity index (χ3n) is 4.59. The molecule has 1 unspecified atom stereocenters. The van der Waals surface area contributed by atoms with Gasteiger partial charge in [-0.2, -0.15) is 0 Å². The van der Waals surface area contributed by atoms with Crippen LogP contribution in [-0.4, -0.2) is 24.1 Å². The molecule has 1 saturated carbocycles. The summed E-state index contributed by atoms with van der Waals surface area (Å²) < 4.78 is 0. The number of pyridine rings is 1. The van der Waals surface area contributed by atoms with Crippen LogP contribution >= 0.6 is 0 Å². The predicted octanol–water partition coefficient (Wildman–Crippen LogP) is 3.27. The van der Waals surface area contributed by atoms with Gasteiger partial charge in [0, 0.05) is 31.4 Å². The lowest BCUT2D eigenvalue weighted by Gasteiger charge is -2.33. The van der Waals surface area contributed by atoms with Crippen molar-refractivity contribution in [1.29, 1.82) is 0 Å². The molecule has 0 spiro atoms. The summed E-state index contributed by atoms with van der Waals surface area (Å²) in [6, 6.07) is 5.28. The number of aryl methyl sites for hydroxylation is 1. The number of aromatic nitrogens is 1. The van der Waals surface area contributed by atoms with Crippen molar-refractivity contribution in [2.75, 3.05) is 18.0 Å². The topological polar surface area (TPSA) is 28.2 Å². The molecule has 1 N–H and O–H groups in total. The van der Waals surface area contributed by atoms with Crippen LogP contribution in [0.5, 0.6) is 0 Å². The van der Waals surface area contributed by atoms with E-state index in [1.54, 1.807) is 0 Å². The van der Waals surface area contributed by atoms with E-state index in [2.05, 4.69) is 36.2 Å². The van der Waals surface area contributed by atoms with Crippen LogP contribution < -0.4 is 10.2 Å². The smallest absolute Gasteiger partial charge is 0.129 e. The number of hydrogen-bond donors (Lipinski definition) is 1. The van der Waals surface area contributed by atoms with Crippen LogP contribution in [-0.2, 0) is 6.54 Å². The van der Waals surface area contributed by atoms with Gasteiger partial charge in [-0.1, -0.05) is 13.3 Å². The molecule has 2 fully saturated rings. The average Bonchev–Trinajstić information content (AvgIpc) is 3.29. The van der Waals surface area contributed by atoms with Gasteiger partial charge in [-0.15, -0.1) is 0 Å². The highest BCUT2D eigenvalue weighted by molar-refractivity contribution is 5.43. The van der Waals surface area contributed by atoms with Gasteiger partial charge in [0.2, 0.25) is 0 Å². The van der Waals surface area contributed by atoms with Crippen molar-refractivity contribution < 1.29 is 0 Å². The van der Waals surface area contributed by atoms with Gasteiger partial charge < -0.3 is 10.2 Å². The maximum atomic E-state index is 4.77. The minimum absolute atomic E-state index is 0.770. The second-order valence-corrected chi connectivity index (χ2v) is 6.49. The van der Waals surface area contributed by atoms with Crippen molar-refractivity contribution in [3.05, 3.63) is 23.4 Å². The van der Waals surface area contributed by atoms with Crippen molar-refractivity contribution in [2.45, 2.75) is 58.5 Å². The lowest BCUT2D eigenvalue weighted by molar-refractivity contribution is 0.403. The number of piperidine rings is 1. The molecule has 1 aromatic rings. The van der Waals surface area contributed by atoms with Gasteiger partial charge in [0.05, 0.1) is 0 Å². The van der Waals surface area contributed by atoms with Crippen LogP contribution in [0.25, 0.3) is 0 Å². The molecule has 20 heavy (non-hydrogen) atoms. The van der Waals surface area contributed by atoms with E-state index in [9.17, 15) is 0 Å². The minimum Gasteiger partial charge on any atom is -0.356 e. The molecule has 1 aliphatic heterocycles. The van der Waals surface area contributed by atoms with Crippen molar-refractivity contribution in [2.24, 2.45) is 5.92 Å². The van der Waals surface area contributed by atoms with Gasteiger partial charge in [-0.25, -0.2) is 4.98 Å². The zero-order valence-corrected chi connectivity index (χ0v) is 12.9. The monoisotopic (exact) mass is 273 g/mol. The molecular weight excluding hydrogens is 246 g/mol. The van der Waals surface area contributed by atoms with E-state index in [0.717, 1.165) is 24.2 Å². The summed E-state index contributed by atoms with van der Waals surface area (Å²) >= 11 is 0. The number of nitrogens with one attached hydrogen (secondary N) is 1. The molecule has 2 heterocycles. The van der Waals surface area contributed by atoms with Crippen molar-refractivity contribution in [3.8, 4) is 0 Å². The lowest BCUT2D eigenvalue weighted by Crippen LogP contribution is -2.35. The van der Waals surface area contributed by atoms with Crippen LogP contribution in [0, 0.1) is 12.8 Å². The van der Waals surface area contributed by atoms with E-state index in [-0.39, 0.29) is 0 Å². The third kappa shape index (κ3) is 3.51. The summed E-state index contributed by atoms with van der Waals surface area (Å²) in [7, 11) is 0. The summed E-state index contributed by atoms with van der Waals surface area (Å²) in [4.78, 5) is 7.26. The zero-order chi connectivity index (χ0) is 13.9. The van der Waals surface area contributed by atoms with E-state index in [4.69, 9.17) is 4.98 Å². The summed E-state index contributed by atoms with van der Waals surface area (Å²) in [6.45, 7) is 7.77. The zero-order valence-electron chi connectivity index (χ0n) is 12.9. The maximum absolute atomic E-state index is 4.77. The molecule has 1 saturated heterocycles. The first-order chi connectivity index (χ1) is 9.74. The number of anilines is 1. The second-order valence-electron chi connectivity index (χ2n) is 6.49. The highest BCUT2D eigenvalue weighted by atomic mass is 15.2. The Kier molecular flexibility index (Phi) is 4.25. The predicted molar refractivity (Wildman–Crippen MR) is 84.1 cm³/mol. The Balaban J connectivity index is 1.70. The molecule has 3 rings (SSSR count). The van der Waals surface area contributed by atoms with Crippen LogP contribution in [0.2, 0.25) is 0 Å². The van der Waals surface area contributed by atoms with Crippen LogP contribution in [0.15, 0.2) is 12.1 Å². The fourth-order valence-electron chi connectivity index (χ4n) is 3.14. The Labute approximate surface area is 122 Å². The quantitative estimate of drug-likeness (QED) is 0.892. The molecular formula is C17H27N3. The molecule has 2 aliphatic rings. The van der Waals surface area contributed by atoms with E-state index in [1.165, 1.54) is 56.6 Å². The maximum Gasteiger partial charge on any atom is 0.129 e. The number of nitrogens with zero attached hydrogens (tertiary/aromatic N) is 2. The van der Waals surface area contributed by atoms with Crippen molar-refractivity contribution >= 4 is 5.82 Å². The Morgan fingerprint density at radius 1 is 1.30 bits per heavy atom. The summed E-state index contributed by atoms with van der Waals surface area (Å²) in [5.41, 5.74) is 2.53. The standard InChI is InChI=1S/C17H27N3/c1-3-14-5-4-8-20(12-14)17-10-15(9-13(2)19-17)11-18-16-6-7-16/h9-10,14,16,18H,3-8,11-12H2,1-2H3. The number of hydrogen-bond acceptors (Lipinski definition) is 3. The van der Waals surface area contributed by atoms with E-state index in [0.29, 0.717) is 0 Å². The van der Waals surface area contributed by atoms with Crippen LogP contribution in [0.4, 0.5) is 5.82 Å². The highest BCUT2D eigenvalue weighted by Gasteiger charge is 2.22. The third-order valence-corrected chi connectivity index (χ3v) is 4.59. The molecule has 3 nitrogen and oxygen atoms in total. The Hall–Kier alpha value is -1.09. The molecule has 0 aromatic carbocycles. The Bertz CT molecular complexity index is 454. The highest BCUT2D eigenvalue weighted by Crippen LogP contribution is 2.25. The van der Waals surface area contributed by atoms with Gasteiger partial charge in [-0.05, 0) is 56.2 Å². The van der Waals surface area contributed by atoms with Crippen molar-refractivity contribution in [1.82, 2.24) is 10.3 Å². The SMILES string of the molecule is CCC1CCCN(c2cc(CNC3CC3)cc(C)n2)C1. The molecule has 1 aromatic heterocycles. The second kappa shape index (κ2) is 6.13. The Morgan fingerprint density at radius 2 is 2.15 bits per heavy atom. The fourth-order valence-corrected chi connectivity index (χ4v) is 3.14. The van der Waals surface area contributed by atoms with Gasteiger partial charge in [0.25, 0.3) is 0 Å². The average molecular weight is 273 g/mol. The van der Waals surface area contributed by atoms with E-state index < -0.39 is 0 Å². The normalized spacial score (nSPS) is 23.1. The van der Waals surface area contributed by atoms with Gasteiger partial charge in [0.15, 0.2) is 0 Å². The minimum atomic E-state index is 0.770. The van der Waals surface area contributed by atoms with Crippen LogP contribution in [0.3, 0.4) is 0 Å². The largest absolute Gasteiger partial charge is 0.356 e. The first-order valence-electron chi connectivity index (χ1n) is 8.20. The summed E-state index contributed by atoms with van der Waals surface area (Å²) in [5, 5.41) is 3.60. The van der Waals surface area contributed by atoms with Gasteiger partial charge >= 0.3 is 0 Å². The first-order valence-corrected chi connectivity index (χ1v) is 8.20. The van der Waals surface area contributed by atoms with E-state index in [1.807, 2.05) is 0 Å². The molecule has 0 bridgehead atoms. The number of rotatable bonds is 5. The molecule has 3 heteroatoms. The molecule has 0 radical (unpaired) electrons. The summed E-state index contributed by atoms with van der Waals surface area (Å²) in [6.07, 6.45) is 6.68. The van der Waals surface area contributed by atoms with Crippen molar-refractivity contribution in [3.63, 3.8) is 0 Å². The molecule has 110 valence electrons. The molecule has 0 amide bonds. The van der Waals surface area contributed by atoms with Gasteiger partial charge in [0.1, 0.15) is 5.82 Å².